The second kappa shape index (κ2) is 12.7. The molecule has 2 N–H and O–H groups in total. The average molecular weight is 646 g/mol. The molecule has 2 aliphatic heterocycles. The Balaban J connectivity index is 1.33. The Hall–Kier alpha value is -4.08. The molecule has 2 aliphatic rings. The standard InChI is InChI=1S/C30H34F3N7O4S/c1-18-5-7-20(15-22(18)19-6-8-21(34-16-19)17-39-11-13-44-14-12-39)35-28(43)37-24-23(36-26(45-24)30(31,32)33)25(41)40-10-9-38(4)27(42)29(40,2)3/h5-8,15-16H,9-14,17H2,1-4H3,(H2,35,37,43). The summed E-state index contributed by atoms with van der Waals surface area (Å²) in [6.45, 7) is 9.05. The number of nitrogens with one attached hydrogen (secondary N) is 2. The average Bonchev–Trinajstić information content (AvgIpc) is 3.42. The number of halogens is 3. The van der Waals surface area contributed by atoms with E-state index in [1.54, 1.807) is 25.4 Å². The molecule has 240 valence electrons. The minimum absolute atomic E-state index is 0.0911. The van der Waals surface area contributed by atoms with E-state index in [0.29, 0.717) is 25.4 Å². The molecule has 15 heteroatoms. The van der Waals surface area contributed by atoms with Crippen molar-refractivity contribution in [1.29, 1.82) is 0 Å². The maximum absolute atomic E-state index is 13.6. The third-order valence-corrected chi connectivity index (χ3v) is 8.88. The lowest BCUT2D eigenvalue weighted by Crippen LogP contribution is -2.63. The lowest BCUT2D eigenvalue weighted by Gasteiger charge is -2.44. The number of benzene rings is 1. The molecule has 3 aromatic rings. The highest BCUT2D eigenvalue weighted by Gasteiger charge is 2.45. The monoisotopic (exact) mass is 645 g/mol. The second-order valence-electron chi connectivity index (χ2n) is 11.5. The van der Waals surface area contributed by atoms with Crippen molar-refractivity contribution < 1.29 is 32.3 Å². The van der Waals surface area contributed by atoms with Gasteiger partial charge in [-0.2, -0.15) is 13.2 Å². The summed E-state index contributed by atoms with van der Waals surface area (Å²) in [5, 5.41) is 3.35. The second-order valence-corrected chi connectivity index (χ2v) is 12.5. The van der Waals surface area contributed by atoms with Crippen LogP contribution in [0, 0.1) is 6.92 Å². The number of aryl methyl sites for hydroxylation is 1. The number of alkyl halides is 3. The van der Waals surface area contributed by atoms with Gasteiger partial charge < -0.3 is 19.9 Å². The van der Waals surface area contributed by atoms with E-state index in [4.69, 9.17) is 4.74 Å². The molecule has 4 heterocycles. The van der Waals surface area contributed by atoms with Crippen LogP contribution in [-0.4, -0.2) is 94.5 Å². The molecule has 0 atom stereocenters. The Morgan fingerprint density at radius 2 is 1.80 bits per heavy atom. The van der Waals surface area contributed by atoms with Gasteiger partial charge in [-0.05, 0) is 50.1 Å². The Bertz CT molecular complexity index is 1590. The summed E-state index contributed by atoms with van der Waals surface area (Å²) in [6.07, 6.45) is -3.08. The molecule has 2 aromatic heterocycles. The van der Waals surface area contributed by atoms with E-state index in [9.17, 15) is 27.6 Å². The van der Waals surface area contributed by atoms with Crippen LogP contribution in [0.4, 0.5) is 28.7 Å². The van der Waals surface area contributed by atoms with Crippen molar-refractivity contribution in [3.05, 3.63) is 58.5 Å². The Kier molecular flexibility index (Phi) is 9.14. The van der Waals surface area contributed by atoms with Crippen LogP contribution in [0.2, 0.25) is 0 Å². The first-order valence-electron chi connectivity index (χ1n) is 14.3. The largest absolute Gasteiger partial charge is 0.443 e. The minimum atomic E-state index is -4.85. The molecule has 0 spiro atoms. The number of aromatic nitrogens is 2. The zero-order valence-electron chi connectivity index (χ0n) is 25.3. The molecule has 0 bridgehead atoms. The van der Waals surface area contributed by atoms with Crippen molar-refractivity contribution in [3.63, 3.8) is 0 Å². The van der Waals surface area contributed by atoms with Gasteiger partial charge in [-0.15, -0.1) is 0 Å². The number of likely N-dealkylation sites (N-methyl/N-ethyl adjacent to an activating group) is 1. The van der Waals surface area contributed by atoms with Crippen molar-refractivity contribution in [1.82, 2.24) is 24.7 Å². The van der Waals surface area contributed by atoms with Crippen LogP contribution in [0.1, 0.15) is 40.6 Å². The maximum Gasteiger partial charge on any atom is 0.443 e. The van der Waals surface area contributed by atoms with Crippen molar-refractivity contribution >= 4 is 39.9 Å². The molecule has 2 fully saturated rings. The third kappa shape index (κ3) is 7.10. The number of ether oxygens (including phenoxy) is 1. The topological polar surface area (TPSA) is 120 Å². The predicted octanol–water partition coefficient (Wildman–Crippen LogP) is 4.70. The van der Waals surface area contributed by atoms with Crippen LogP contribution in [0.25, 0.3) is 11.1 Å². The number of piperazine rings is 1. The van der Waals surface area contributed by atoms with Crippen molar-refractivity contribution in [3.8, 4) is 11.1 Å². The Morgan fingerprint density at radius 1 is 1.07 bits per heavy atom. The van der Waals surface area contributed by atoms with Gasteiger partial charge in [-0.3, -0.25) is 24.8 Å². The summed E-state index contributed by atoms with van der Waals surface area (Å²) >= 11 is 0.146. The van der Waals surface area contributed by atoms with Crippen LogP contribution >= 0.6 is 11.3 Å². The molecule has 1 aromatic carbocycles. The van der Waals surface area contributed by atoms with Crippen LogP contribution < -0.4 is 10.6 Å². The van der Waals surface area contributed by atoms with E-state index in [-0.39, 0.29) is 35.3 Å². The molecule has 5 rings (SSSR count). The molecular formula is C30H34F3N7O4S. The first kappa shape index (κ1) is 32.3. The van der Waals surface area contributed by atoms with Crippen LogP contribution in [0.5, 0.6) is 0 Å². The smallest absolute Gasteiger partial charge is 0.379 e. The van der Waals surface area contributed by atoms with Crippen LogP contribution in [-0.2, 0) is 22.3 Å². The fourth-order valence-electron chi connectivity index (χ4n) is 5.31. The molecule has 2 saturated heterocycles. The van der Waals surface area contributed by atoms with Crippen molar-refractivity contribution in [2.24, 2.45) is 0 Å². The fourth-order valence-corrected chi connectivity index (χ4v) is 6.13. The number of hydrogen-bond acceptors (Lipinski definition) is 8. The van der Waals surface area contributed by atoms with Gasteiger partial charge in [0.15, 0.2) is 5.69 Å². The van der Waals surface area contributed by atoms with Gasteiger partial charge in [0.2, 0.25) is 10.9 Å². The number of urea groups is 1. The predicted molar refractivity (Wildman–Crippen MR) is 163 cm³/mol. The number of hydrogen-bond donors (Lipinski definition) is 2. The molecule has 0 saturated carbocycles. The van der Waals surface area contributed by atoms with Gasteiger partial charge in [0.1, 0.15) is 10.5 Å². The van der Waals surface area contributed by atoms with Gasteiger partial charge in [0, 0.05) is 57.2 Å². The first-order chi connectivity index (χ1) is 21.2. The summed E-state index contributed by atoms with van der Waals surface area (Å²) in [4.78, 5) is 52.3. The molecule has 45 heavy (non-hydrogen) atoms. The molecular weight excluding hydrogens is 611 g/mol. The number of rotatable bonds is 6. The highest BCUT2D eigenvalue weighted by molar-refractivity contribution is 7.16. The van der Waals surface area contributed by atoms with Crippen LogP contribution in [0.15, 0.2) is 36.5 Å². The molecule has 0 radical (unpaired) electrons. The zero-order valence-corrected chi connectivity index (χ0v) is 26.1. The van der Waals surface area contributed by atoms with Gasteiger partial charge in [0.05, 0.1) is 18.9 Å². The Labute approximate surface area is 262 Å². The highest BCUT2D eigenvalue weighted by Crippen LogP contribution is 2.38. The molecule has 4 amide bonds. The third-order valence-electron chi connectivity index (χ3n) is 7.87. The lowest BCUT2D eigenvalue weighted by atomic mass is 9.97. The van der Waals surface area contributed by atoms with E-state index in [0.717, 1.165) is 35.5 Å². The summed E-state index contributed by atoms with van der Waals surface area (Å²) in [6, 6.07) is 8.26. The molecule has 11 nitrogen and oxygen atoms in total. The summed E-state index contributed by atoms with van der Waals surface area (Å²) < 4.78 is 46.3. The SMILES string of the molecule is Cc1ccc(NC(=O)Nc2sc(C(F)(F)F)nc2C(=O)N2CCN(C)C(=O)C2(C)C)cc1-c1ccc(CN2CCOCC2)nc1. The van der Waals surface area contributed by atoms with Crippen LogP contribution in [0.3, 0.4) is 0 Å². The van der Waals surface area contributed by atoms with Gasteiger partial charge >= 0.3 is 12.2 Å². The van der Waals surface area contributed by atoms with E-state index >= 15 is 0 Å². The van der Waals surface area contributed by atoms with E-state index in [1.807, 2.05) is 25.1 Å². The molecule has 0 aliphatic carbocycles. The fraction of sp³-hybridized carbons (Fsp3) is 0.433. The summed E-state index contributed by atoms with van der Waals surface area (Å²) in [5.74, 6) is -1.25. The lowest BCUT2D eigenvalue weighted by molar-refractivity contribution is -0.144. The minimum Gasteiger partial charge on any atom is -0.379 e. The number of carbonyl (C=O) groups is 3. The summed E-state index contributed by atoms with van der Waals surface area (Å²) in [5.41, 5.74) is 1.97. The van der Waals surface area contributed by atoms with Crippen molar-refractivity contribution in [2.45, 2.75) is 39.0 Å². The number of amides is 4. The van der Waals surface area contributed by atoms with Crippen molar-refractivity contribution in [2.75, 3.05) is 57.1 Å². The van der Waals surface area contributed by atoms with E-state index in [1.165, 1.54) is 23.6 Å². The van der Waals surface area contributed by atoms with E-state index < -0.39 is 34.4 Å². The first-order valence-corrected chi connectivity index (χ1v) is 15.2. The Morgan fingerprint density at radius 3 is 2.47 bits per heavy atom. The number of nitrogens with zero attached hydrogens (tertiary/aromatic N) is 5. The molecule has 0 unspecified atom stereocenters. The van der Waals surface area contributed by atoms with Gasteiger partial charge in [0.25, 0.3) is 5.91 Å². The normalized spacial score (nSPS) is 17.4. The quantitative estimate of drug-likeness (QED) is 0.399. The maximum atomic E-state index is 13.6. The number of thiazole rings is 1. The zero-order chi connectivity index (χ0) is 32.5. The number of morpholine rings is 1. The number of anilines is 2. The number of carbonyl (C=O) groups excluding carboxylic acids is 3. The van der Waals surface area contributed by atoms with Gasteiger partial charge in [-0.25, -0.2) is 9.78 Å². The summed E-state index contributed by atoms with van der Waals surface area (Å²) in [7, 11) is 1.59. The van der Waals surface area contributed by atoms with Gasteiger partial charge in [-0.1, -0.05) is 23.5 Å². The highest BCUT2D eigenvalue weighted by atomic mass is 32.1. The number of pyridine rings is 1. The van der Waals surface area contributed by atoms with E-state index in [2.05, 4.69) is 25.5 Å².